The summed E-state index contributed by atoms with van der Waals surface area (Å²) in [5.41, 5.74) is 6.95. The Bertz CT molecular complexity index is 472. The van der Waals surface area contributed by atoms with E-state index >= 15 is 0 Å². The molecule has 20 heavy (non-hydrogen) atoms. The van der Waals surface area contributed by atoms with E-state index in [2.05, 4.69) is 11.9 Å². The molecule has 1 unspecified atom stereocenters. The molecule has 1 aromatic carbocycles. The average molecular weight is 278 g/mol. The lowest BCUT2D eigenvalue weighted by Crippen LogP contribution is -2.42. The zero-order chi connectivity index (χ0) is 14.1. The highest BCUT2D eigenvalue weighted by atomic mass is 19.1. The van der Waals surface area contributed by atoms with E-state index in [0.29, 0.717) is 12.1 Å². The average Bonchev–Trinajstić information content (AvgIpc) is 2.80. The summed E-state index contributed by atoms with van der Waals surface area (Å²) in [6, 6.07) is 5.79. The van der Waals surface area contributed by atoms with E-state index < -0.39 is 0 Å². The maximum Gasteiger partial charge on any atom is 0.123 e. The first kappa shape index (κ1) is 13.8. The van der Waals surface area contributed by atoms with Crippen LogP contribution in [0.4, 0.5) is 4.39 Å². The molecule has 1 aromatic rings. The van der Waals surface area contributed by atoms with Crippen LogP contribution in [0.1, 0.15) is 31.2 Å². The van der Waals surface area contributed by atoms with E-state index in [1.54, 1.807) is 12.1 Å². The minimum Gasteiger partial charge on any atom is -0.488 e. The summed E-state index contributed by atoms with van der Waals surface area (Å²) in [6.07, 6.45) is 5.53. The summed E-state index contributed by atoms with van der Waals surface area (Å²) < 4.78 is 19.1. The minimum absolute atomic E-state index is 0.146. The smallest absolute Gasteiger partial charge is 0.123 e. The van der Waals surface area contributed by atoms with Crippen LogP contribution in [0.15, 0.2) is 18.2 Å². The molecule has 1 fully saturated rings. The molecule has 4 heteroatoms. The number of hydrogen-bond acceptors (Lipinski definition) is 3. The lowest BCUT2D eigenvalue weighted by molar-refractivity contribution is 0.117. The Morgan fingerprint density at radius 1 is 1.30 bits per heavy atom. The van der Waals surface area contributed by atoms with Crippen molar-refractivity contribution in [1.29, 1.82) is 0 Å². The van der Waals surface area contributed by atoms with Crippen molar-refractivity contribution in [3.8, 4) is 5.75 Å². The molecule has 1 saturated carbocycles. The van der Waals surface area contributed by atoms with Gasteiger partial charge in [0.2, 0.25) is 0 Å². The highest BCUT2D eigenvalue weighted by molar-refractivity contribution is 5.37. The fourth-order valence-electron chi connectivity index (χ4n) is 3.40. The van der Waals surface area contributed by atoms with Gasteiger partial charge in [0.25, 0.3) is 0 Å². The first-order chi connectivity index (χ1) is 9.61. The van der Waals surface area contributed by atoms with Crippen LogP contribution >= 0.6 is 0 Å². The second kappa shape index (κ2) is 5.70. The van der Waals surface area contributed by atoms with Gasteiger partial charge in [0.05, 0.1) is 0 Å². The Morgan fingerprint density at radius 3 is 2.80 bits per heavy atom. The van der Waals surface area contributed by atoms with Crippen LogP contribution < -0.4 is 10.5 Å². The number of halogens is 1. The van der Waals surface area contributed by atoms with Crippen molar-refractivity contribution in [3.63, 3.8) is 0 Å². The Morgan fingerprint density at radius 2 is 2.05 bits per heavy atom. The molecule has 1 aliphatic heterocycles. The topological polar surface area (TPSA) is 38.5 Å². The number of rotatable bonds is 3. The number of nitrogens with two attached hydrogens (primary N) is 1. The second-order valence-electron chi connectivity index (χ2n) is 6.20. The third kappa shape index (κ3) is 2.96. The van der Waals surface area contributed by atoms with E-state index in [4.69, 9.17) is 10.5 Å². The maximum atomic E-state index is 13.2. The second-order valence-corrected chi connectivity index (χ2v) is 6.20. The standard InChI is InChI=1S/C16H23FN2O/c1-19(14-5-3-13(18)4-6-14)10-15-9-11-8-12(17)2-7-16(11)20-15/h2,7-8,13-15H,3-6,9-10,18H2,1H3. The van der Waals surface area contributed by atoms with Gasteiger partial charge in [-0.25, -0.2) is 4.39 Å². The van der Waals surface area contributed by atoms with E-state index in [0.717, 1.165) is 37.1 Å². The quantitative estimate of drug-likeness (QED) is 0.922. The molecule has 0 radical (unpaired) electrons. The zero-order valence-corrected chi connectivity index (χ0v) is 12.0. The van der Waals surface area contributed by atoms with Gasteiger partial charge < -0.3 is 10.5 Å². The molecular formula is C16H23FN2O. The summed E-state index contributed by atoms with van der Waals surface area (Å²) in [6.45, 7) is 0.899. The number of benzene rings is 1. The number of likely N-dealkylation sites (N-methyl/N-ethyl adjacent to an activating group) is 1. The molecule has 0 amide bonds. The summed E-state index contributed by atoms with van der Waals surface area (Å²) in [5, 5.41) is 0. The van der Waals surface area contributed by atoms with Crippen LogP contribution in [0.3, 0.4) is 0 Å². The molecular weight excluding hydrogens is 255 g/mol. The van der Waals surface area contributed by atoms with Gasteiger partial charge in [-0.3, -0.25) is 4.90 Å². The van der Waals surface area contributed by atoms with Crippen LogP contribution in [0, 0.1) is 5.82 Å². The van der Waals surface area contributed by atoms with E-state index in [1.807, 2.05) is 0 Å². The summed E-state index contributed by atoms with van der Waals surface area (Å²) >= 11 is 0. The summed E-state index contributed by atoms with van der Waals surface area (Å²) in [7, 11) is 2.16. The molecule has 0 spiro atoms. The predicted octanol–water partition coefficient (Wildman–Crippen LogP) is 2.33. The fourth-order valence-corrected chi connectivity index (χ4v) is 3.40. The Balaban J connectivity index is 1.55. The van der Waals surface area contributed by atoms with Crippen molar-refractivity contribution in [2.45, 2.75) is 50.3 Å². The number of fused-ring (bicyclic) bond motifs is 1. The normalized spacial score (nSPS) is 29.3. The zero-order valence-electron chi connectivity index (χ0n) is 12.0. The molecule has 0 saturated heterocycles. The molecule has 110 valence electrons. The number of hydrogen-bond donors (Lipinski definition) is 1. The Kier molecular flexibility index (Phi) is 3.94. The van der Waals surface area contributed by atoms with Crippen LogP contribution in [0.5, 0.6) is 5.75 Å². The third-order valence-electron chi connectivity index (χ3n) is 4.62. The van der Waals surface area contributed by atoms with Gasteiger partial charge >= 0.3 is 0 Å². The largest absolute Gasteiger partial charge is 0.488 e. The highest BCUT2D eigenvalue weighted by Gasteiger charge is 2.28. The Labute approximate surface area is 119 Å². The van der Waals surface area contributed by atoms with Crippen molar-refractivity contribution < 1.29 is 9.13 Å². The molecule has 1 atom stereocenters. The first-order valence-corrected chi connectivity index (χ1v) is 7.52. The van der Waals surface area contributed by atoms with Gasteiger partial charge in [-0.2, -0.15) is 0 Å². The van der Waals surface area contributed by atoms with Crippen LogP contribution in [0.2, 0.25) is 0 Å². The first-order valence-electron chi connectivity index (χ1n) is 7.52. The molecule has 0 bridgehead atoms. The van der Waals surface area contributed by atoms with Crippen molar-refractivity contribution in [1.82, 2.24) is 4.90 Å². The van der Waals surface area contributed by atoms with E-state index in [9.17, 15) is 4.39 Å². The SMILES string of the molecule is CN(CC1Cc2cc(F)ccc2O1)C1CCC(N)CC1. The van der Waals surface area contributed by atoms with Gasteiger partial charge in [0, 0.05) is 30.6 Å². The van der Waals surface area contributed by atoms with Gasteiger partial charge in [-0.15, -0.1) is 0 Å². The molecule has 2 N–H and O–H groups in total. The van der Waals surface area contributed by atoms with Crippen molar-refractivity contribution in [2.24, 2.45) is 5.73 Å². The van der Waals surface area contributed by atoms with Crippen LogP contribution in [-0.4, -0.2) is 36.7 Å². The number of nitrogens with zero attached hydrogens (tertiary/aromatic N) is 1. The summed E-state index contributed by atoms with van der Waals surface area (Å²) in [5.74, 6) is 0.665. The third-order valence-corrected chi connectivity index (χ3v) is 4.62. The lowest BCUT2D eigenvalue weighted by atomic mass is 9.91. The number of ether oxygens (including phenoxy) is 1. The van der Waals surface area contributed by atoms with E-state index in [-0.39, 0.29) is 11.9 Å². The van der Waals surface area contributed by atoms with Crippen LogP contribution in [0.25, 0.3) is 0 Å². The van der Waals surface area contributed by atoms with E-state index in [1.165, 1.54) is 18.9 Å². The Hall–Kier alpha value is -1.13. The minimum atomic E-state index is -0.178. The molecule has 1 heterocycles. The van der Waals surface area contributed by atoms with Gasteiger partial charge in [0.1, 0.15) is 17.7 Å². The van der Waals surface area contributed by atoms with Gasteiger partial charge in [-0.1, -0.05) is 0 Å². The molecule has 3 rings (SSSR count). The van der Waals surface area contributed by atoms with Crippen LogP contribution in [-0.2, 0) is 6.42 Å². The maximum absolute atomic E-state index is 13.2. The highest BCUT2D eigenvalue weighted by Crippen LogP contribution is 2.30. The van der Waals surface area contributed by atoms with Crippen molar-refractivity contribution in [3.05, 3.63) is 29.6 Å². The molecule has 0 aromatic heterocycles. The van der Waals surface area contributed by atoms with Crippen molar-refractivity contribution in [2.75, 3.05) is 13.6 Å². The van der Waals surface area contributed by atoms with Gasteiger partial charge in [0.15, 0.2) is 0 Å². The van der Waals surface area contributed by atoms with Gasteiger partial charge in [-0.05, 0) is 50.9 Å². The molecule has 2 aliphatic rings. The molecule has 1 aliphatic carbocycles. The molecule has 3 nitrogen and oxygen atoms in total. The summed E-state index contributed by atoms with van der Waals surface area (Å²) in [4.78, 5) is 2.39. The fraction of sp³-hybridized carbons (Fsp3) is 0.625. The lowest BCUT2D eigenvalue weighted by Gasteiger charge is -2.34. The predicted molar refractivity (Wildman–Crippen MR) is 77.4 cm³/mol. The monoisotopic (exact) mass is 278 g/mol. The van der Waals surface area contributed by atoms with Crippen molar-refractivity contribution >= 4 is 0 Å².